The Bertz CT molecular complexity index is 629. The summed E-state index contributed by atoms with van der Waals surface area (Å²) in [6.45, 7) is 4.19. The van der Waals surface area contributed by atoms with Crippen LogP contribution in [0, 0.1) is 13.8 Å². The molecule has 0 spiro atoms. The molecule has 0 fully saturated rings. The lowest BCUT2D eigenvalue weighted by atomic mass is 9.79. The maximum Gasteiger partial charge on any atom is 0.115 e. The summed E-state index contributed by atoms with van der Waals surface area (Å²) in [6, 6.07) is 14.8. The minimum absolute atomic E-state index is 0.814. The molecule has 0 aliphatic heterocycles. The first-order valence-corrected chi connectivity index (χ1v) is 7.50. The number of aliphatic hydroxyl groups is 1. The molecule has 0 aromatic heterocycles. The van der Waals surface area contributed by atoms with Gasteiger partial charge in [-0.3, -0.25) is 0 Å². The molecule has 0 saturated carbocycles. The molecular weight excluding hydrogens is 244 g/mol. The van der Waals surface area contributed by atoms with Crippen LogP contribution in [-0.2, 0) is 12.0 Å². The topological polar surface area (TPSA) is 20.2 Å². The Morgan fingerprint density at radius 3 is 2.60 bits per heavy atom. The quantitative estimate of drug-likeness (QED) is 0.764. The predicted octanol–water partition coefficient (Wildman–Crippen LogP) is 4.27. The summed E-state index contributed by atoms with van der Waals surface area (Å²) in [5.41, 5.74) is 5.03. The zero-order valence-electron chi connectivity index (χ0n) is 12.3. The first kappa shape index (κ1) is 13.4. The fraction of sp³-hybridized carbons (Fsp3) is 0.368. The van der Waals surface area contributed by atoms with Gasteiger partial charge in [0.15, 0.2) is 0 Å². The Kier molecular flexibility index (Phi) is 3.39. The molecule has 1 heteroatoms. The molecule has 1 aliphatic carbocycles. The van der Waals surface area contributed by atoms with Crippen LogP contribution in [0.2, 0.25) is 0 Å². The molecule has 1 unspecified atom stereocenters. The van der Waals surface area contributed by atoms with Crippen molar-refractivity contribution in [3.05, 3.63) is 70.3 Å². The number of hydrogen-bond acceptors (Lipinski definition) is 1. The van der Waals surface area contributed by atoms with E-state index in [2.05, 4.69) is 50.2 Å². The van der Waals surface area contributed by atoms with Gasteiger partial charge in [-0.2, -0.15) is 0 Å². The fourth-order valence-electron chi connectivity index (χ4n) is 3.43. The maximum atomic E-state index is 11.5. The van der Waals surface area contributed by atoms with E-state index in [0.717, 1.165) is 36.8 Å². The Morgan fingerprint density at radius 2 is 1.75 bits per heavy atom. The molecule has 0 heterocycles. The molecule has 0 radical (unpaired) electrons. The van der Waals surface area contributed by atoms with Gasteiger partial charge in [0.2, 0.25) is 0 Å². The largest absolute Gasteiger partial charge is 0.380 e. The van der Waals surface area contributed by atoms with E-state index >= 15 is 0 Å². The first-order valence-electron chi connectivity index (χ1n) is 7.50. The summed E-state index contributed by atoms with van der Waals surface area (Å²) in [6.07, 6.45) is 4.11. The lowest BCUT2D eigenvalue weighted by Gasteiger charge is -2.31. The minimum atomic E-state index is -0.830. The average molecular weight is 266 g/mol. The van der Waals surface area contributed by atoms with Crippen LogP contribution in [0.4, 0.5) is 0 Å². The lowest BCUT2D eigenvalue weighted by Crippen LogP contribution is -2.28. The van der Waals surface area contributed by atoms with Crippen molar-refractivity contribution >= 4 is 0 Å². The van der Waals surface area contributed by atoms with Gasteiger partial charge in [0.25, 0.3) is 0 Å². The van der Waals surface area contributed by atoms with Crippen LogP contribution in [0.5, 0.6) is 0 Å². The van der Waals surface area contributed by atoms with E-state index in [1.807, 2.05) is 6.07 Å². The summed E-state index contributed by atoms with van der Waals surface area (Å²) in [5.74, 6) is 0. The molecule has 1 aliphatic rings. The van der Waals surface area contributed by atoms with Crippen LogP contribution in [0.1, 0.15) is 47.1 Å². The van der Waals surface area contributed by atoms with Gasteiger partial charge in [-0.15, -0.1) is 0 Å². The van der Waals surface area contributed by atoms with Gasteiger partial charge in [0, 0.05) is 0 Å². The summed E-state index contributed by atoms with van der Waals surface area (Å²) < 4.78 is 0. The van der Waals surface area contributed by atoms with E-state index in [1.54, 1.807) is 0 Å². The third-order valence-electron chi connectivity index (χ3n) is 4.54. The molecule has 0 bridgehead atoms. The van der Waals surface area contributed by atoms with E-state index in [-0.39, 0.29) is 0 Å². The molecule has 3 rings (SSSR count). The van der Waals surface area contributed by atoms with Gasteiger partial charge in [0.1, 0.15) is 5.60 Å². The second-order valence-electron chi connectivity index (χ2n) is 6.04. The molecule has 104 valence electrons. The first-order chi connectivity index (χ1) is 9.61. The Labute approximate surface area is 121 Å². The number of rotatable bonds is 1. The average Bonchev–Trinajstić information content (AvgIpc) is 2.62. The van der Waals surface area contributed by atoms with Gasteiger partial charge in [-0.05, 0) is 61.8 Å². The zero-order chi connectivity index (χ0) is 14.2. The van der Waals surface area contributed by atoms with Crippen LogP contribution in [0.3, 0.4) is 0 Å². The van der Waals surface area contributed by atoms with E-state index in [0.29, 0.717) is 0 Å². The van der Waals surface area contributed by atoms with Crippen molar-refractivity contribution in [2.45, 2.75) is 45.1 Å². The van der Waals surface area contributed by atoms with E-state index in [4.69, 9.17) is 0 Å². The van der Waals surface area contributed by atoms with E-state index in [1.165, 1.54) is 16.7 Å². The van der Waals surface area contributed by atoms with E-state index in [9.17, 15) is 5.11 Å². The standard InChI is InChI=1S/C19H22O/c1-14-10-11-15(2)18(13-14)19(20)12-6-5-8-16-7-3-4-9-17(16)19/h3-4,7,9-11,13,20H,5-6,8,12H2,1-2H3. The van der Waals surface area contributed by atoms with Crippen LogP contribution in [-0.4, -0.2) is 5.11 Å². The lowest BCUT2D eigenvalue weighted by molar-refractivity contribution is 0.0697. The van der Waals surface area contributed by atoms with Crippen LogP contribution in [0.15, 0.2) is 42.5 Å². The van der Waals surface area contributed by atoms with Crippen LogP contribution < -0.4 is 0 Å². The number of fused-ring (bicyclic) bond motifs is 1. The molecule has 1 nitrogen and oxygen atoms in total. The molecular formula is C19H22O. The predicted molar refractivity (Wildman–Crippen MR) is 82.9 cm³/mol. The van der Waals surface area contributed by atoms with Gasteiger partial charge >= 0.3 is 0 Å². The van der Waals surface area contributed by atoms with Crippen molar-refractivity contribution in [1.29, 1.82) is 0 Å². The van der Waals surface area contributed by atoms with Gasteiger partial charge in [0.05, 0.1) is 0 Å². The highest BCUT2D eigenvalue weighted by Gasteiger charge is 2.35. The van der Waals surface area contributed by atoms with Gasteiger partial charge in [-0.1, -0.05) is 48.0 Å². The highest BCUT2D eigenvalue weighted by molar-refractivity contribution is 5.46. The SMILES string of the molecule is Cc1ccc(C)c(C2(O)CCCCc3ccccc32)c1. The second-order valence-corrected chi connectivity index (χ2v) is 6.04. The van der Waals surface area contributed by atoms with Gasteiger partial charge < -0.3 is 5.11 Å². The smallest absolute Gasteiger partial charge is 0.115 e. The monoisotopic (exact) mass is 266 g/mol. The fourth-order valence-corrected chi connectivity index (χ4v) is 3.43. The van der Waals surface area contributed by atoms with Crippen LogP contribution >= 0.6 is 0 Å². The molecule has 0 saturated heterocycles. The van der Waals surface area contributed by atoms with Crippen molar-refractivity contribution in [2.24, 2.45) is 0 Å². The van der Waals surface area contributed by atoms with E-state index < -0.39 is 5.60 Å². The zero-order valence-corrected chi connectivity index (χ0v) is 12.3. The van der Waals surface area contributed by atoms with Crippen molar-refractivity contribution in [3.8, 4) is 0 Å². The molecule has 2 aromatic carbocycles. The Balaban J connectivity index is 2.22. The highest BCUT2D eigenvalue weighted by atomic mass is 16.3. The summed E-state index contributed by atoms with van der Waals surface area (Å²) >= 11 is 0. The van der Waals surface area contributed by atoms with Crippen molar-refractivity contribution in [3.63, 3.8) is 0 Å². The third-order valence-corrected chi connectivity index (χ3v) is 4.54. The molecule has 1 atom stereocenters. The molecule has 20 heavy (non-hydrogen) atoms. The molecule has 1 N–H and O–H groups in total. The van der Waals surface area contributed by atoms with Crippen LogP contribution in [0.25, 0.3) is 0 Å². The minimum Gasteiger partial charge on any atom is -0.380 e. The molecule has 0 amide bonds. The second kappa shape index (κ2) is 5.06. The summed E-state index contributed by atoms with van der Waals surface area (Å²) in [5, 5.41) is 11.5. The summed E-state index contributed by atoms with van der Waals surface area (Å²) in [7, 11) is 0. The Morgan fingerprint density at radius 1 is 0.950 bits per heavy atom. The van der Waals surface area contributed by atoms with Crippen molar-refractivity contribution in [1.82, 2.24) is 0 Å². The normalized spacial score (nSPS) is 22.1. The molecule has 2 aromatic rings. The highest BCUT2D eigenvalue weighted by Crippen LogP contribution is 2.40. The third kappa shape index (κ3) is 2.16. The number of hydrogen-bond donors (Lipinski definition) is 1. The van der Waals surface area contributed by atoms with Gasteiger partial charge in [-0.25, -0.2) is 0 Å². The number of benzene rings is 2. The number of aryl methyl sites for hydroxylation is 3. The van der Waals surface area contributed by atoms with Crippen molar-refractivity contribution in [2.75, 3.05) is 0 Å². The Hall–Kier alpha value is -1.60. The summed E-state index contributed by atoms with van der Waals surface area (Å²) in [4.78, 5) is 0. The van der Waals surface area contributed by atoms with Crippen molar-refractivity contribution < 1.29 is 5.11 Å². The maximum absolute atomic E-state index is 11.5.